The SMILES string of the molecule is CSc1nnc(Sc2cc(O)c(Nc3ccc(C)cc3C)cc2O)s1. The highest BCUT2D eigenvalue weighted by Crippen LogP contribution is 2.42. The van der Waals surface area contributed by atoms with Crippen molar-refractivity contribution in [2.24, 2.45) is 0 Å². The summed E-state index contributed by atoms with van der Waals surface area (Å²) in [7, 11) is 0. The van der Waals surface area contributed by atoms with E-state index in [4.69, 9.17) is 0 Å². The van der Waals surface area contributed by atoms with Gasteiger partial charge in [-0.1, -0.05) is 52.6 Å². The van der Waals surface area contributed by atoms with Crippen LogP contribution in [-0.4, -0.2) is 26.7 Å². The number of nitrogens with zero attached hydrogens (tertiary/aromatic N) is 2. The van der Waals surface area contributed by atoms with E-state index in [0.717, 1.165) is 15.6 Å². The van der Waals surface area contributed by atoms with Gasteiger partial charge in [-0.05, 0) is 37.8 Å². The maximum absolute atomic E-state index is 10.3. The summed E-state index contributed by atoms with van der Waals surface area (Å²) in [4.78, 5) is 0.535. The normalized spacial score (nSPS) is 10.8. The molecule has 130 valence electrons. The molecule has 2 aromatic carbocycles. The van der Waals surface area contributed by atoms with Crippen LogP contribution in [0.15, 0.2) is 43.9 Å². The van der Waals surface area contributed by atoms with E-state index in [1.54, 1.807) is 0 Å². The van der Waals surface area contributed by atoms with Gasteiger partial charge in [-0.2, -0.15) is 0 Å². The van der Waals surface area contributed by atoms with Gasteiger partial charge in [-0.15, -0.1) is 10.2 Å². The standard InChI is InChI=1S/C17H17N3O2S3/c1-9-4-5-11(10(2)6-9)18-12-7-14(22)15(8-13(12)21)24-17-20-19-16(23-3)25-17/h4-8,18,21-22H,1-3H3. The Kier molecular flexibility index (Phi) is 5.41. The highest BCUT2D eigenvalue weighted by molar-refractivity contribution is 8.03. The maximum atomic E-state index is 10.3. The highest BCUT2D eigenvalue weighted by atomic mass is 32.2. The molecule has 0 fully saturated rings. The lowest BCUT2D eigenvalue weighted by atomic mass is 10.1. The number of anilines is 2. The van der Waals surface area contributed by atoms with Gasteiger partial charge in [0.15, 0.2) is 8.68 Å². The van der Waals surface area contributed by atoms with E-state index in [9.17, 15) is 10.2 Å². The lowest BCUT2D eigenvalue weighted by Crippen LogP contribution is -1.94. The Morgan fingerprint density at radius 2 is 1.72 bits per heavy atom. The van der Waals surface area contributed by atoms with Crippen molar-refractivity contribution >= 4 is 46.2 Å². The van der Waals surface area contributed by atoms with Gasteiger partial charge in [0.05, 0.1) is 10.6 Å². The van der Waals surface area contributed by atoms with Crippen molar-refractivity contribution in [2.45, 2.75) is 27.4 Å². The quantitative estimate of drug-likeness (QED) is 0.314. The first kappa shape index (κ1) is 17.9. The second-order valence-corrected chi connectivity index (χ2v) is 8.74. The summed E-state index contributed by atoms with van der Waals surface area (Å²) < 4.78 is 1.58. The molecule has 1 aromatic heterocycles. The predicted octanol–water partition coefficient (Wildman–Crippen LogP) is 5.18. The minimum atomic E-state index is 0.0647. The summed E-state index contributed by atoms with van der Waals surface area (Å²) in [6.45, 7) is 4.03. The van der Waals surface area contributed by atoms with Gasteiger partial charge >= 0.3 is 0 Å². The van der Waals surface area contributed by atoms with Crippen molar-refractivity contribution in [3.63, 3.8) is 0 Å². The summed E-state index contributed by atoms with van der Waals surface area (Å²) >= 11 is 4.25. The van der Waals surface area contributed by atoms with Crippen molar-refractivity contribution < 1.29 is 10.2 Å². The number of aryl methyl sites for hydroxylation is 2. The van der Waals surface area contributed by atoms with E-state index in [1.165, 1.54) is 52.6 Å². The average molecular weight is 392 g/mol. The molecule has 0 spiro atoms. The van der Waals surface area contributed by atoms with E-state index >= 15 is 0 Å². The smallest absolute Gasteiger partial charge is 0.180 e. The van der Waals surface area contributed by atoms with Crippen molar-refractivity contribution in [1.29, 1.82) is 0 Å². The fraction of sp³-hybridized carbons (Fsp3) is 0.176. The summed E-state index contributed by atoms with van der Waals surface area (Å²) in [6.07, 6.45) is 1.94. The van der Waals surface area contributed by atoms with Gasteiger partial charge in [0.2, 0.25) is 0 Å². The molecule has 0 saturated heterocycles. The molecule has 1 heterocycles. The maximum Gasteiger partial charge on any atom is 0.180 e. The summed E-state index contributed by atoms with van der Waals surface area (Å²) in [6, 6.07) is 9.06. The molecule has 0 saturated carbocycles. The Morgan fingerprint density at radius 1 is 0.960 bits per heavy atom. The molecule has 0 radical (unpaired) electrons. The molecule has 0 atom stereocenters. The van der Waals surface area contributed by atoms with Crippen LogP contribution in [0.5, 0.6) is 11.5 Å². The first-order valence-corrected chi connectivity index (χ1v) is 10.3. The second kappa shape index (κ2) is 7.55. The van der Waals surface area contributed by atoms with Crippen LogP contribution in [0.2, 0.25) is 0 Å². The zero-order valence-electron chi connectivity index (χ0n) is 13.9. The van der Waals surface area contributed by atoms with Crippen LogP contribution in [0, 0.1) is 13.8 Å². The molecule has 25 heavy (non-hydrogen) atoms. The van der Waals surface area contributed by atoms with Gasteiger partial charge in [0.25, 0.3) is 0 Å². The van der Waals surface area contributed by atoms with Crippen LogP contribution in [0.4, 0.5) is 11.4 Å². The fourth-order valence-corrected chi connectivity index (χ4v) is 4.69. The van der Waals surface area contributed by atoms with E-state index < -0.39 is 0 Å². The average Bonchev–Trinajstić information content (AvgIpc) is 3.02. The molecular formula is C17H17N3O2S3. The lowest BCUT2D eigenvalue weighted by Gasteiger charge is -2.13. The number of hydrogen-bond acceptors (Lipinski definition) is 8. The molecule has 5 nitrogen and oxygen atoms in total. The number of nitrogens with one attached hydrogen (secondary N) is 1. The number of aromatic hydroxyl groups is 2. The van der Waals surface area contributed by atoms with Crippen LogP contribution in [0.3, 0.4) is 0 Å². The number of phenols is 2. The molecule has 0 aliphatic carbocycles. The monoisotopic (exact) mass is 391 g/mol. The first-order chi connectivity index (χ1) is 12.0. The number of hydrogen-bond donors (Lipinski definition) is 3. The zero-order valence-corrected chi connectivity index (χ0v) is 16.3. The molecular weight excluding hydrogens is 374 g/mol. The Bertz CT molecular complexity index is 912. The Labute approximate surface area is 158 Å². The third-order valence-electron chi connectivity index (χ3n) is 3.49. The molecule has 0 unspecified atom stereocenters. The van der Waals surface area contributed by atoms with Gasteiger partial charge in [0.1, 0.15) is 11.5 Å². The highest BCUT2D eigenvalue weighted by Gasteiger charge is 2.13. The van der Waals surface area contributed by atoms with Gasteiger partial charge < -0.3 is 15.5 Å². The largest absolute Gasteiger partial charge is 0.507 e. The first-order valence-electron chi connectivity index (χ1n) is 7.42. The molecule has 0 aliphatic heterocycles. The van der Waals surface area contributed by atoms with Crippen molar-refractivity contribution in [3.8, 4) is 11.5 Å². The molecule has 0 aliphatic rings. The number of benzene rings is 2. The molecule has 3 N–H and O–H groups in total. The minimum absolute atomic E-state index is 0.0647. The van der Waals surface area contributed by atoms with Crippen LogP contribution < -0.4 is 5.32 Å². The zero-order chi connectivity index (χ0) is 18.0. The third kappa shape index (κ3) is 4.20. The minimum Gasteiger partial charge on any atom is -0.507 e. The predicted molar refractivity (Wildman–Crippen MR) is 105 cm³/mol. The van der Waals surface area contributed by atoms with Gasteiger partial charge in [-0.3, -0.25) is 0 Å². The summed E-state index contributed by atoms with van der Waals surface area (Å²) in [5, 5.41) is 31.9. The fourth-order valence-electron chi connectivity index (χ4n) is 2.25. The molecule has 3 rings (SSSR count). The third-order valence-corrected chi connectivity index (χ3v) is 6.48. The van der Waals surface area contributed by atoms with Crippen LogP contribution >= 0.6 is 34.9 Å². The van der Waals surface area contributed by atoms with Crippen LogP contribution in [-0.2, 0) is 0 Å². The van der Waals surface area contributed by atoms with E-state index in [-0.39, 0.29) is 11.5 Å². The van der Waals surface area contributed by atoms with E-state index in [2.05, 4.69) is 21.6 Å². The van der Waals surface area contributed by atoms with Gasteiger partial charge in [-0.25, -0.2) is 0 Å². The van der Waals surface area contributed by atoms with Gasteiger partial charge in [0, 0.05) is 11.8 Å². The van der Waals surface area contributed by atoms with E-state index in [1.807, 2.05) is 32.2 Å². The number of aromatic nitrogens is 2. The Morgan fingerprint density at radius 3 is 2.40 bits per heavy atom. The second-order valence-electron chi connectivity index (χ2n) is 5.42. The molecule has 3 aromatic rings. The van der Waals surface area contributed by atoms with Crippen molar-refractivity contribution in [1.82, 2.24) is 10.2 Å². The summed E-state index contributed by atoms with van der Waals surface area (Å²) in [5.41, 5.74) is 3.57. The van der Waals surface area contributed by atoms with Crippen LogP contribution in [0.25, 0.3) is 0 Å². The molecule has 8 heteroatoms. The van der Waals surface area contributed by atoms with Crippen LogP contribution in [0.1, 0.15) is 11.1 Å². The Balaban J connectivity index is 1.84. The lowest BCUT2D eigenvalue weighted by molar-refractivity contribution is 0.450. The van der Waals surface area contributed by atoms with Crippen molar-refractivity contribution in [3.05, 3.63) is 41.5 Å². The number of thioether (sulfide) groups is 1. The Hall–Kier alpha value is -1.90. The summed E-state index contributed by atoms with van der Waals surface area (Å²) in [5.74, 6) is 0.144. The van der Waals surface area contributed by atoms with Crippen molar-refractivity contribution in [2.75, 3.05) is 11.6 Å². The van der Waals surface area contributed by atoms with E-state index in [0.29, 0.717) is 14.9 Å². The number of phenolic OH excluding ortho intramolecular Hbond substituents is 2. The topological polar surface area (TPSA) is 78.3 Å². The number of rotatable bonds is 5. The molecule has 0 amide bonds. The molecule has 0 bridgehead atoms.